The summed E-state index contributed by atoms with van der Waals surface area (Å²) < 4.78 is 10.6. The Labute approximate surface area is 163 Å². The summed E-state index contributed by atoms with van der Waals surface area (Å²) in [5.41, 5.74) is 2.60. The quantitative estimate of drug-likeness (QED) is 0.710. The molecule has 1 saturated heterocycles. The zero-order chi connectivity index (χ0) is 19.2. The van der Waals surface area contributed by atoms with E-state index in [9.17, 15) is 4.79 Å². The van der Waals surface area contributed by atoms with Crippen LogP contribution in [0, 0.1) is 0 Å². The molecule has 1 aliphatic rings. The summed E-state index contributed by atoms with van der Waals surface area (Å²) in [7, 11) is 0. The number of hydrogen-bond donors (Lipinski definition) is 1. The van der Waals surface area contributed by atoms with Gasteiger partial charge in [0, 0.05) is 30.8 Å². The maximum atomic E-state index is 12.5. The number of nitrogens with one attached hydrogen (secondary N) is 1. The largest absolute Gasteiger partial charge is 0.379 e. The van der Waals surface area contributed by atoms with Gasteiger partial charge in [0.25, 0.3) is 5.91 Å². The number of carbonyl (C=O) groups excluding carboxylic acids is 1. The molecule has 28 heavy (non-hydrogen) atoms. The molecule has 1 fully saturated rings. The van der Waals surface area contributed by atoms with Crippen molar-refractivity contribution in [3.63, 3.8) is 0 Å². The Bertz CT molecular complexity index is 920. The van der Waals surface area contributed by atoms with Crippen LogP contribution in [-0.2, 0) is 17.8 Å². The van der Waals surface area contributed by atoms with Gasteiger partial charge in [-0.2, -0.15) is 4.98 Å². The van der Waals surface area contributed by atoms with Crippen molar-refractivity contribution in [2.45, 2.75) is 13.1 Å². The molecule has 1 aliphatic heterocycles. The predicted molar refractivity (Wildman–Crippen MR) is 103 cm³/mol. The molecule has 7 nitrogen and oxygen atoms in total. The van der Waals surface area contributed by atoms with Crippen molar-refractivity contribution in [3.05, 3.63) is 71.6 Å². The molecule has 1 amide bonds. The van der Waals surface area contributed by atoms with Gasteiger partial charge >= 0.3 is 0 Å². The van der Waals surface area contributed by atoms with Gasteiger partial charge in [-0.25, -0.2) is 0 Å². The van der Waals surface area contributed by atoms with Crippen molar-refractivity contribution in [2.75, 3.05) is 26.3 Å². The van der Waals surface area contributed by atoms with E-state index in [0.29, 0.717) is 17.3 Å². The van der Waals surface area contributed by atoms with Gasteiger partial charge in [0.05, 0.1) is 19.8 Å². The average molecular weight is 378 g/mol. The Balaban J connectivity index is 1.35. The topological polar surface area (TPSA) is 80.5 Å². The van der Waals surface area contributed by atoms with Crippen molar-refractivity contribution in [2.24, 2.45) is 0 Å². The van der Waals surface area contributed by atoms with Crippen molar-refractivity contribution in [1.29, 1.82) is 0 Å². The van der Waals surface area contributed by atoms with Crippen LogP contribution in [0.15, 0.2) is 59.1 Å². The van der Waals surface area contributed by atoms with Crippen molar-refractivity contribution < 1.29 is 14.1 Å². The molecule has 144 valence electrons. The lowest BCUT2D eigenvalue weighted by Gasteiger charge is -2.26. The minimum absolute atomic E-state index is 0.164. The molecule has 0 unspecified atom stereocenters. The van der Waals surface area contributed by atoms with Crippen LogP contribution in [0.3, 0.4) is 0 Å². The lowest BCUT2D eigenvalue weighted by Crippen LogP contribution is -2.35. The van der Waals surface area contributed by atoms with E-state index in [4.69, 9.17) is 9.26 Å². The standard InChI is InChI=1S/C21H22N4O3/c26-21(18-8-4-5-16(13-18)15-25-9-11-27-12-10-25)22-14-19-23-20(24-28-19)17-6-2-1-3-7-17/h1-8,13H,9-12,14-15H2,(H,22,26). The fourth-order valence-electron chi connectivity index (χ4n) is 3.12. The third-order valence-corrected chi connectivity index (χ3v) is 4.60. The first-order chi connectivity index (χ1) is 13.8. The van der Waals surface area contributed by atoms with E-state index < -0.39 is 0 Å². The SMILES string of the molecule is O=C(NCc1nc(-c2ccccc2)no1)c1cccc(CN2CCOCC2)c1. The fourth-order valence-corrected chi connectivity index (χ4v) is 3.12. The number of carbonyl (C=O) groups is 1. The second-order valence-corrected chi connectivity index (χ2v) is 6.65. The van der Waals surface area contributed by atoms with E-state index >= 15 is 0 Å². The highest BCUT2D eigenvalue weighted by Gasteiger charge is 2.13. The van der Waals surface area contributed by atoms with Crippen LogP contribution in [0.5, 0.6) is 0 Å². The molecule has 7 heteroatoms. The first-order valence-corrected chi connectivity index (χ1v) is 9.33. The smallest absolute Gasteiger partial charge is 0.251 e. The number of nitrogens with zero attached hydrogens (tertiary/aromatic N) is 3. The van der Waals surface area contributed by atoms with Gasteiger partial charge in [0.1, 0.15) is 0 Å². The van der Waals surface area contributed by atoms with Crippen LogP contribution in [0.1, 0.15) is 21.8 Å². The van der Waals surface area contributed by atoms with Crippen LogP contribution < -0.4 is 5.32 Å². The van der Waals surface area contributed by atoms with Gasteiger partial charge in [-0.3, -0.25) is 9.69 Å². The molecule has 0 spiro atoms. The second-order valence-electron chi connectivity index (χ2n) is 6.65. The lowest BCUT2D eigenvalue weighted by molar-refractivity contribution is 0.0342. The molecule has 2 aromatic carbocycles. The van der Waals surface area contributed by atoms with E-state index in [-0.39, 0.29) is 12.5 Å². The number of rotatable bonds is 6. The first kappa shape index (κ1) is 18.3. The Kier molecular flexibility index (Phi) is 5.75. The highest BCUT2D eigenvalue weighted by atomic mass is 16.5. The van der Waals surface area contributed by atoms with Gasteiger partial charge in [-0.1, -0.05) is 47.6 Å². The molecule has 4 rings (SSSR count). The van der Waals surface area contributed by atoms with Crippen LogP contribution in [-0.4, -0.2) is 47.3 Å². The molecule has 0 aliphatic carbocycles. The number of ether oxygens (including phenoxy) is 1. The molecule has 1 N–H and O–H groups in total. The fraction of sp³-hybridized carbons (Fsp3) is 0.286. The van der Waals surface area contributed by atoms with Crippen LogP contribution in [0.25, 0.3) is 11.4 Å². The number of benzene rings is 2. The van der Waals surface area contributed by atoms with Gasteiger partial charge < -0.3 is 14.6 Å². The second kappa shape index (κ2) is 8.77. The van der Waals surface area contributed by atoms with E-state index in [1.807, 2.05) is 48.5 Å². The molecule has 0 atom stereocenters. The van der Waals surface area contributed by atoms with Crippen LogP contribution in [0.4, 0.5) is 0 Å². The molecular weight excluding hydrogens is 356 g/mol. The van der Waals surface area contributed by atoms with Gasteiger partial charge in [0.15, 0.2) is 0 Å². The van der Waals surface area contributed by atoms with Crippen LogP contribution >= 0.6 is 0 Å². The van der Waals surface area contributed by atoms with E-state index in [2.05, 4.69) is 20.4 Å². The Morgan fingerprint density at radius 2 is 1.89 bits per heavy atom. The number of amides is 1. The summed E-state index contributed by atoms with van der Waals surface area (Å²) in [5, 5.41) is 6.81. The highest BCUT2D eigenvalue weighted by Crippen LogP contribution is 2.15. The Morgan fingerprint density at radius 1 is 1.07 bits per heavy atom. The summed E-state index contributed by atoms with van der Waals surface area (Å²) in [6.45, 7) is 4.35. The summed E-state index contributed by atoms with van der Waals surface area (Å²) in [5.74, 6) is 0.720. The predicted octanol–water partition coefficient (Wildman–Crippen LogP) is 2.50. The summed E-state index contributed by atoms with van der Waals surface area (Å²) in [6, 6.07) is 17.3. The van der Waals surface area contributed by atoms with Crippen molar-refractivity contribution in [1.82, 2.24) is 20.4 Å². The van der Waals surface area contributed by atoms with Crippen LogP contribution in [0.2, 0.25) is 0 Å². The van der Waals surface area contributed by atoms with E-state index in [1.54, 1.807) is 6.07 Å². The number of morpholine rings is 1. The minimum Gasteiger partial charge on any atom is -0.379 e. The Hall–Kier alpha value is -3.03. The monoisotopic (exact) mass is 378 g/mol. The minimum atomic E-state index is -0.164. The third-order valence-electron chi connectivity index (χ3n) is 4.60. The normalized spacial score (nSPS) is 14.7. The molecule has 0 bridgehead atoms. The highest BCUT2D eigenvalue weighted by molar-refractivity contribution is 5.94. The zero-order valence-corrected chi connectivity index (χ0v) is 15.5. The average Bonchev–Trinajstić information content (AvgIpc) is 3.23. The van der Waals surface area contributed by atoms with Crippen molar-refractivity contribution >= 4 is 5.91 Å². The molecule has 3 aromatic rings. The maximum absolute atomic E-state index is 12.5. The molecular formula is C21H22N4O3. The molecule has 2 heterocycles. The van der Waals surface area contributed by atoms with E-state index in [1.165, 1.54) is 0 Å². The maximum Gasteiger partial charge on any atom is 0.251 e. The summed E-state index contributed by atoms with van der Waals surface area (Å²) >= 11 is 0. The lowest BCUT2D eigenvalue weighted by atomic mass is 10.1. The van der Waals surface area contributed by atoms with E-state index in [0.717, 1.165) is 44.0 Å². The molecule has 0 radical (unpaired) electrons. The van der Waals surface area contributed by atoms with Gasteiger partial charge in [-0.15, -0.1) is 0 Å². The van der Waals surface area contributed by atoms with Gasteiger partial charge in [-0.05, 0) is 17.7 Å². The molecule has 0 saturated carbocycles. The number of hydrogen-bond acceptors (Lipinski definition) is 6. The zero-order valence-electron chi connectivity index (χ0n) is 15.5. The molecule has 1 aromatic heterocycles. The van der Waals surface area contributed by atoms with Gasteiger partial charge in [0.2, 0.25) is 11.7 Å². The summed E-state index contributed by atoms with van der Waals surface area (Å²) in [6.07, 6.45) is 0. The first-order valence-electron chi connectivity index (χ1n) is 9.33. The Morgan fingerprint density at radius 3 is 2.71 bits per heavy atom. The van der Waals surface area contributed by atoms with Crippen molar-refractivity contribution in [3.8, 4) is 11.4 Å². The summed E-state index contributed by atoms with van der Waals surface area (Å²) in [4.78, 5) is 19.2. The third kappa shape index (κ3) is 4.62. The number of aromatic nitrogens is 2.